The van der Waals surface area contributed by atoms with E-state index < -0.39 is 0 Å². The Morgan fingerprint density at radius 3 is 2.86 bits per heavy atom. The van der Waals surface area contributed by atoms with Gasteiger partial charge in [0.2, 0.25) is 0 Å². The van der Waals surface area contributed by atoms with Crippen LogP contribution >= 0.6 is 0 Å². The van der Waals surface area contributed by atoms with Gasteiger partial charge in [-0.25, -0.2) is 4.98 Å². The molecule has 21 heavy (non-hydrogen) atoms. The topological polar surface area (TPSA) is 28.2 Å². The highest BCUT2D eigenvalue weighted by molar-refractivity contribution is 5.44. The van der Waals surface area contributed by atoms with Gasteiger partial charge in [-0.1, -0.05) is 33.1 Å². The van der Waals surface area contributed by atoms with E-state index in [-0.39, 0.29) is 0 Å². The van der Waals surface area contributed by atoms with E-state index in [1.54, 1.807) is 0 Å². The number of pyridine rings is 1. The number of rotatable bonds is 6. The zero-order valence-corrected chi connectivity index (χ0v) is 14.0. The van der Waals surface area contributed by atoms with Crippen LogP contribution in [0.25, 0.3) is 0 Å². The highest BCUT2D eigenvalue weighted by Gasteiger charge is 2.19. The molecule has 1 saturated heterocycles. The number of aryl methyl sites for hydroxylation is 1. The Hall–Kier alpha value is -1.09. The van der Waals surface area contributed by atoms with Crippen molar-refractivity contribution >= 4 is 5.82 Å². The largest absolute Gasteiger partial charge is 0.354 e. The second kappa shape index (κ2) is 8.38. The monoisotopic (exact) mass is 289 g/mol. The second-order valence-corrected chi connectivity index (χ2v) is 6.25. The van der Waals surface area contributed by atoms with Crippen LogP contribution in [0.1, 0.15) is 64.1 Å². The molecule has 1 aromatic heterocycles. The van der Waals surface area contributed by atoms with Crippen LogP contribution in [-0.4, -0.2) is 24.1 Å². The van der Waals surface area contributed by atoms with Crippen molar-refractivity contribution in [2.75, 3.05) is 18.0 Å². The van der Waals surface area contributed by atoms with Crippen LogP contribution in [-0.2, 0) is 13.0 Å². The third-order valence-electron chi connectivity index (χ3n) is 4.36. The van der Waals surface area contributed by atoms with E-state index in [1.165, 1.54) is 42.8 Å². The van der Waals surface area contributed by atoms with Crippen molar-refractivity contribution in [2.24, 2.45) is 0 Å². The van der Waals surface area contributed by atoms with Gasteiger partial charge in [-0.2, -0.15) is 0 Å². The molecule has 2 rings (SSSR count). The average molecular weight is 289 g/mol. The molecular formula is C18H31N3. The van der Waals surface area contributed by atoms with Crippen LogP contribution in [0.15, 0.2) is 12.1 Å². The van der Waals surface area contributed by atoms with Gasteiger partial charge in [-0.05, 0) is 50.4 Å². The molecule has 0 amide bonds. The molecule has 1 aromatic rings. The summed E-state index contributed by atoms with van der Waals surface area (Å²) in [7, 11) is 0. The standard InChI is InChI=1S/C18H31N3/c1-4-9-17-12-16(14-19-5-2)13-18(20-17)21-11-8-6-7-10-15(21)3/h12-13,15,19H,4-11,14H2,1-3H3. The van der Waals surface area contributed by atoms with Crippen molar-refractivity contribution in [3.8, 4) is 0 Å². The van der Waals surface area contributed by atoms with Crippen LogP contribution in [0.4, 0.5) is 5.82 Å². The Morgan fingerprint density at radius 2 is 2.10 bits per heavy atom. The number of nitrogens with zero attached hydrogens (tertiary/aromatic N) is 2. The number of anilines is 1. The third kappa shape index (κ3) is 4.70. The molecule has 0 radical (unpaired) electrons. The summed E-state index contributed by atoms with van der Waals surface area (Å²) in [5, 5.41) is 3.44. The normalized spacial score (nSPS) is 19.6. The minimum absolute atomic E-state index is 0.615. The third-order valence-corrected chi connectivity index (χ3v) is 4.36. The minimum atomic E-state index is 0.615. The first kappa shape index (κ1) is 16.3. The predicted molar refractivity (Wildman–Crippen MR) is 90.9 cm³/mol. The SMILES string of the molecule is CCCc1cc(CNCC)cc(N2CCCCCC2C)n1. The van der Waals surface area contributed by atoms with E-state index in [4.69, 9.17) is 4.98 Å². The molecule has 0 saturated carbocycles. The molecule has 1 unspecified atom stereocenters. The number of hydrogen-bond donors (Lipinski definition) is 1. The van der Waals surface area contributed by atoms with Gasteiger partial charge in [0.25, 0.3) is 0 Å². The molecule has 1 atom stereocenters. The summed E-state index contributed by atoms with van der Waals surface area (Å²) in [5.74, 6) is 1.20. The van der Waals surface area contributed by atoms with E-state index in [0.717, 1.165) is 32.5 Å². The smallest absolute Gasteiger partial charge is 0.129 e. The summed E-state index contributed by atoms with van der Waals surface area (Å²) in [5.41, 5.74) is 2.63. The van der Waals surface area contributed by atoms with Gasteiger partial charge in [-0.3, -0.25) is 0 Å². The van der Waals surface area contributed by atoms with Gasteiger partial charge in [0.1, 0.15) is 5.82 Å². The summed E-state index contributed by atoms with van der Waals surface area (Å²) in [6.45, 7) is 9.86. The van der Waals surface area contributed by atoms with Crippen LogP contribution in [0.3, 0.4) is 0 Å². The number of nitrogens with one attached hydrogen (secondary N) is 1. The van der Waals surface area contributed by atoms with Crippen LogP contribution in [0.2, 0.25) is 0 Å². The summed E-state index contributed by atoms with van der Waals surface area (Å²) in [4.78, 5) is 7.47. The molecule has 1 N–H and O–H groups in total. The molecule has 118 valence electrons. The molecule has 0 spiro atoms. The number of aromatic nitrogens is 1. The van der Waals surface area contributed by atoms with Crippen molar-refractivity contribution in [3.63, 3.8) is 0 Å². The van der Waals surface area contributed by atoms with Crippen LogP contribution in [0, 0.1) is 0 Å². The van der Waals surface area contributed by atoms with E-state index in [0.29, 0.717) is 6.04 Å². The lowest BCUT2D eigenvalue weighted by atomic mass is 10.1. The van der Waals surface area contributed by atoms with Crippen molar-refractivity contribution in [3.05, 3.63) is 23.4 Å². The van der Waals surface area contributed by atoms with Gasteiger partial charge in [0.05, 0.1) is 0 Å². The summed E-state index contributed by atoms with van der Waals surface area (Å²) in [6, 6.07) is 5.19. The van der Waals surface area contributed by atoms with Crippen LogP contribution in [0.5, 0.6) is 0 Å². The Morgan fingerprint density at radius 1 is 1.24 bits per heavy atom. The molecule has 1 aliphatic heterocycles. The highest BCUT2D eigenvalue weighted by atomic mass is 15.2. The minimum Gasteiger partial charge on any atom is -0.354 e. The summed E-state index contributed by atoms with van der Waals surface area (Å²) < 4.78 is 0. The fraction of sp³-hybridized carbons (Fsp3) is 0.722. The van der Waals surface area contributed by atoms with Gasteiger partial charge >= 0.3 is 0 Å². The molecule has 3 nitrogen and oxygen atoms in total. The zero-order valence-electron chi connectivity index (χ0n) is 14.0. The van der Waals surface area contributed by atoms with Gasteiger partial charge in [0.15, 0.2) is 0 Å². The first-order chi connectivity index (χ1) is 10.2. The quantitative estimate of drug-likeness (QED) is 0.860. The van der Waals surface area contributed by atoms with E-state index in [1.807, 2.05) is 0 Å². The Bertz CT molecular complexity index is 430. The molecule has 2 heterocycles. The molecule has 1 fully saturated rings. The first-order valence-electron chi connectivity index (χ1n) is 8.71. The van der Waals surface area contributed by atoms with E-state index >= 15 is 0 Å². The molecule has 0 aromatic carbocycles. The fourth-order valence-electron chi connectivity index (χ4n) is 3.15. The predicted octanol–water partition coefficient (Wildman–Crippen LogP) is 3.91. The maximum atomic E-state index is 4.95. The lowest BCUT2D eigenvalue weighted by molar-refractivity contribution is 0.609. The van der Waals surface area contributed by atoms with Gasteiger partial charge in [-0.15, -0.1) is 0 Å². The summed E-state index contributed by atoms with van der Waals surface area (Å²) >= 11 is 0. The average Bonchev–Trinajstić information content (AvgIpc) is 2.70. The summed E-state index contributed by atoms with van der Waals surface area (Å²) in [6.07, 6.45) is 7.55. The van der Waals surface area contributed by atoms with Gasteiger partial charge in [0, 0.05) is 24.8 Å². The lowest BCUT2D eigenvalue weighted by Crippen LogP contribution is -2.33. The van der Waals surface area contributed by atoms with Crippen molar-refractivity contribution < 1.29 is 0 Å². The number of hydrogen-bond acceptors (Lipinski definition) is 3. The van der Waals surface area contributed by atoms with Crippen LogP contribution < -0.4 is 10.2 Å². The van der Waals surface area contributed by atoms with Gasteiger partial charge < -0.3 is 10.2 Å². The lowest BCUT2D eigenvalue weighted by Gasteiger charge is -2.29. The zero-order chi connectivity index (χ0) is 15.1. The van der Waals surface area contributed by atoms with Crippen molar-refractivity contribution in [1.82, 2.24) is 10.3 Å². The van der Waals surface area contributed by atoms with Crippen molar-refractivity contribution in [2.45, 2.75) is 71.9 Å². The molecule has 3 heteroatoms. The maximum absolute atomic E-state index is 4.95. The maximum Gasteiger partial charge on any atom is 0.129 e. The van der Waals surface area contributed by atoms with Crippen molar-refractivity contribution in [1.29, 1.82) is 0 Å². The van der Waals surface area contributed by atoms with E-state index in [2.05, 4.69) is 43.1 Å². The second-order valence-electron chi connectivity index (χ2n) is 6.25. The first-order valence-corrected chi connectivity index (χ1v) is 8.71. The highest BCUT2D eigenvalue weighted by Crippen LogP contribution is 2.24. The molecular weight excluding hydrogens is 258 g/mol. The van der Waals surface area contributed by atoms with E-state index in [9.17, 15) is 0 Å². The Balaban J connectivity index is 2.24. The molecule has 1 aliphatic rings. The Kier molecular flexibility index (Phi) is 6.50. The fourth-order valence-corrected chi connectivity index (χ4v) is 3.15. The molecule has 0 bridgehead atoms. The molecule has 0 aliphatic carbocycles. The Labute approximate surface area is 130 Å².